The number of benzene rings is 5. The third-order valence-corrected chi connectivity index (χ3v) is 9.23. The molecule has 6 rings (SSSR count). The lowest BCUT2D eigenvalue weighted by Gasteiger charge is -2.31. The number of methoxy groups -OCH3 is 2. The average molecular weight is 751 g/mol. The molecule has 2 atom stereocenters. The molecule has 1 aliphatic rings. The van der Waals surface area contributed by atoms with Crippen molar-refractivity contribution in [3.8, 4) is 28.4 Å². The minimum absolute atomic E-state index is 0.0565. The summed E-state index contributed by atoms with van der Waals surface area (Å²) in [6.07, 6.45) is 0.0246. The van der Waals surface area contributed by atoms with Gasteiger partial charge in [-0.25, -0.2) is 10.4 Å². The maximum Gasteiger partial charge on any atom is 0.266 e. The molecular formula is C41H40BrN3O6. The number of nitrogens with zero attached hydrogens (tertiary/aromatic N) is 1. The minimum Gasteiger partial charge on any atom is -0.494 e. The van der Waals surface area contributed by atoms with Gasteiger partial charge in [-0.15, -0.1) is 0 Å². The van der Waals surface area contributed by atoms with Crippen LogP contribution in [-0.4, -0.2) is 49.9 Å². The minimum atomic E-state index is -1.40. The number of aliphatic hydroxyl groups excluding tert-OH is 1. The van der Waals surface area contributed by atoms with Gasteiger partial charge in [0.2, 0.25) is 5.90 Å². The SMILES string of the molecule is COc1cccc(CNNC(=O)[C@@]2(Cc3ccc(Br)cc3)N=C(c3ccc(OCCCO)cc3)O[C@H]2c2ccc(-c3ccccc3)cc2)c1OC. The molecule has 0 spiro atoms. The largest absolute Gasteiger partial charge is 0.494 e. The zero-order valence-electron chi connectivity index (χ0n) is 28.5. The highest BCUT2D eigenvalue weighted by Gasteiger charge is 2.53. The van der Waals surface area contributed by atoms with Gasteiger partial charge in [-0.1, -0.05) is 94.8 Å². The van der Waals surface area contributed by atoms with E-state index in [2.05, 4.69) is 38.9 Å². The molecule has 0 aromatic heterocycles. The summed E-state index contributed by atoms with van der Waals surface area (Å²) < 4.78 is 24.5. The summed E-state index contributed by atoms with van der Waals surface area (Å²) in [6.45, 7) is 0.729. The molecule has 3 N–H and O–H groups in total. The average Bonchev–Trinajstić information content (AvgIpc) is 3.56. The Kier molecular flexibility index (Phi) is 11.7. The van der Waals surface area contributed by atoms with Crippen LogP contribution in [0.1, 0.15) is 34.8 Å². The molecule has 51 heavy (non-hydrogen) atoms. The Bertz CT molecular complexity index is 1940. The van der Waals surface area contributed by atoms with Crippen LogP contribution in [-0.2, 0) is 22.5 Å². The zero-order valence-corrected chi connectivity index (χ0v) is 30.1. The third kappa shape index (κ3) is 8.26. The molecule has 1 heterocycles. The summed E-state index contributed by atoms with van der Waals surface area (Å²) in [5.41, 5.74) is 10.0. The lowest BCUT2D eigenvalue weighted by Crippen LogP contribution is -2.53. The fraction of sp³-hybridized carbons (Fsp3) is 0.220. The molecule has 0 saturated carbocycles. The van der Waals surface area contributed by atoms with Crippen LogP contribution in [0.15, 0.2) is 131 Å². The molecule has 1 aliphatic heterocycles. The number of ether oxygens (including phenoxy) is 4. The molecule has 262 valence electrons. The highest BCUT2D eigenvalue weighted by atomic mass is 79.9. The van der Waals surface area contributed by atoms with E-state index in [-0.39, 0.29) is 25.5 Å². The van der Waals surface area contributed by atoms with E-state index in [0.717, 1.165) is 32.3 Å². The predicted octanol–water partition coefficient (Wildman–Crippen LogP) is 7.22. The van der Waals surface area contributed by atoms with Crippen LogP contribution in [0.25, 0.3) is 11.1 Å². The number of carbonyl (C=O) groups excluding carboxylic acids is 1. The smallest absolute Gasteiger partial charge is 0.266 e. The first-order valence-electron chi connectivity index (χ1n) is 16.7. The Balaban J connectivity index is 1.37. The highest BCUT2D eigenvalue weighted by Crippen LogP contribution is 2.43. The number of amides is 1. The molecule has 5 aromatic carbocycles. The Morgan fingerprint density at radius 2 is 1.55 bits per heavy atom. The van der Waals surface area contributed by atoms with Gasteiger partial charge in [0, 0.05) is 41.6 Å². The van der Waals surface area contributed by atoms with Crippen molar-refractivity contribution in [3.63, 3.8) is 0 Å². The van der Waals surface area contributed by atoms with Crippen LogP contribution in [0, 0.1) is 0 Å². The van der Waals surface area contributed by atoms with Gasteiger partial charge in [-0.2, -0.15) is 0 Å². The quantitative estimate of drug-likeness (QED) is 0.0767. The summed E-state index contributed by atoms with van der Waals surface area (Å²) in [7, 11) is 3.17. The molecule has 5 aromatic rings. The maximum absolute atomic E-state index is 14.7. The molecule has 10 heteroatoms. The summed E-state index contributed by atoms with van der Waals surface area (Å²) in [4.78, 5) is 19.8. The van der Waals surface area contributed by atoms with Crippen molar-refractivity contribution in [1.82, 2.24) is 10.9 Å². The summed E-state index contributed by atoms with van der Waals surface area (Å²) in [6, 6.07) is 39.1. The van der Waals surface area contributed by atoms with Crippen LogP contribution in [0.5, 0.6) is 17.2 Å². The van der Waals surface area contributed by atoms with Gasteiger partial charge in [-0.05, 0) is 64.7 Å². The van der Waals surface area contributed by atoms with Crippen molar-refractivity contribution in [2.75, 3.05) is 27.4 Å². The standard InChI is InChI=1S/C41H40BrN3O6/c1-48-36-11-6-10-33(37(36)49-2)27-43-45-40(47)41(26-28-12-20-34(42)21-13-28)38(31-16-14-30(15-17-31)29-8-4-3-5-9-29)51-39(44-41)32-18-22-35(23-19-32)50-25-7-24-46/h3-6,8-23,38,43,46H,7,24-27H2,1-2H3,(H,45,47)/t38-,41-/m0/s1. The van der Waals surface area contributed by atoms with Crippen molar-refractivity contribution in [2.45, 2.75) is 31.0 Å². The monoisotopic (exact) mass is 749 g/mol. The van der Waals surface area contributed by atoms with Gasteiger partial charge in [0.15, 0.2) is 23.1 Å². The van der Waals surface area contributed by atoms with E-state index in [0.29, 0.717) is 41.7 Å². The number of rotatable bonds is 15. The van der Waals surface area contributed by atoms with E-state index in [1.165, 1.54) is 0 Å². The van der Waals surface area contributed by atoms with Gasteiger partial charge in [0.1, 0.15) is 5.75 Å². The molecule has 0 unspecified atom stereocenters. The first-order valence-corrected chi connectivity index (χ1v) is 17.5. The molecule has 0 saturated heterocycles. The number of hydrogen-bond donors (Lipinski definition) is 3. The lowest BCUT2D eigenvalue weighted by molar-refractivity contribution is -0.130. The predicted molar refractivity (Wildman–Crippen MR) is 201 cm³/mol. The topological polar surface area (TPSA) is 111 Å². The number of halogens is 1. The van der Waals surface area contributed by atoms with E-state index < -0.39 is 11.6 Å². The molecule has 0 radical (unpaired) electrons. The lowest BCUT2D eigenvalue weighted by atomic mass is 9.82. The Morgan fingerprint density at radius 1 is 0.843 bits per heavy atom. The van der Waals surface area contributed by atoms with Gasteiger partial charge in [0.05, 0.1) is 20.8 Å². The third-order valence-electron chi connectivity index (χ3n) is 8.70. The Morgan fingerprint density at radius 3 is 2.24 bits per heavy atom. The van der Waals surface area contributed by atoms with Gasteiger partial charge in [-0.3, -0.25) is 10.2 Å². The second-order valence-corrected chi connectivity index (χ2v) is 13.0. The number of nitrogens with one attached hydrogen (secondary N) is 2. The molecule has 1 amide bonds. The van der Waals surface area contributed by atoms with Crippen molar-refractivity contribution in [2.24, 2.45) is 4.99 Å². The fourth-order valence-electron chi connectivity index (χ4n) is 6.10. The van der Waals surface area contributed by atoms with E-state index >= 15 is 0 Å². The highest BCUT2D eigenvalue weighted by molar-refractivity contribution is 9.10. The summed E-state index contributed by atoms with van der Waals surface area (Å²) >= 11 is 3.54. The number of carbonyl (C=O) groups is 1. The second kappa shape index (κ2) is 16.7. The normalized spacial score (nSPS) is 16.5. The number of aliphatic hydroxyl groups is 1. The van der Waals surface area contributed by atoms with E-state index in [1.807, 2.05) is 109 Å². The molecule has 0 fully saturated rings. The Labute approximate surface area is 306 Å². The first kappa shape index (κ1) is 35.7. The number of aliphatic imine (C=N–C) groups is 1. The number of hydrogen-bond acceptors (Lipinski definition) is 8. The van der Waals surface area contributed by atoms with Crippen molar-refractivity contribution < 1.29 is 28.8 Å². The molecular weight excluding hydrogens is 710 g/mol. The van der Waals surface area contributed by atoms with E-state index in [1.54, 1.807) is 14.2 Å². The van der Waals surface area contributed by atoms with E-state index in [4.69, 9.17) is 29.0 Å². The summed E-state index contributed by atoms with van der Waals surface area (Å²) in [5.74, 6) is 1.82. The number of para-hydroxylation sites is 1. The Hall–Kier alpha value is -5.16. The van der Waals surface area contributed by atoms with Crippen molar-refractivity contribution >= 4 is 27.7 Å². The van der Waals surface area contributed by atoms with Crippen LogP contribution < -0.4 is 25.1 Å². The van der Waals surface area contributed by atoms with Crippen molar-refractivity contribution in [1.29, 1.82) is 0 Å². The zero-order chi connectivity index (χ0) is 35.6. The van der Waals surface area contributed by atoms with Crippen LogP contribution in [0.3, 0.4) is 0 Å². The molecule has 0 aliphatic carbocycles. The van der Waals surface area contributed by atoms with E-state index in [9.17, 15) is 4.79 Å². The van der Waals surface area contributed by atoms with Gasteiger partial charge in [0.25, 0.3) is 5.91 Å². The van der Waals surface area contributed by atoms with Gasteiger partial charge >= 0.3 is 0 Å². The van der Waals surface area contributed by atoms with Crippen LogP contribution in [0.4, 0.5) is 0 Å². The van der Waals surface area contributed by atoms with Gasteiger partial charge < -0.3 is 24.1 Å². The molecule has 0 bridgehead atoms. The molecule has 9 nitrogen and oxygen atoms in total. The van der Waals surface area contributed by atoms with Crippen molar-refractivity contribution in [3.05, 3.63) is 148 Å². The second-order valence-electron chi connectivity index (χ2n) is 12.0. The van der Waals surface area contributed by atoms with Crippen LogP contribution in [0.2, 0.25) is 0 Å². The fourth-order valence-corrected chi connectivity index (χ4v) is 6.36. The first-order chi connectivity index (χ1) is 24.9. The van der Waals surface area contributed by atoms with Crippen LogP contribution >= 0.6 is 15.9 Å². The number of hydrazine groups is 1. The summed E-state index contributed by atoms with van der Waals surface area (Å²) in [5, 5.41) is 9.13. The maximum atomic E-state index is 14.7.